The molecule has 5 nitrogen and oxygen atoms in total. The fraction of sp³-hybridized carbons (Fsp3) is 0.333. The molecule has 1 N–H and O–H groups in total. The predicted octanol–water partition coefficient (Wildman–Crippen LogP) is 2.79. The molecule has 1 amide bonds. The number of hydrogen-bond donors (Lipinski definition) is 1. The van der Waals surface area contributed by atoms with Crippen LogP contribution in [0.15, 0.2) is 48.7 Å². The lowest BCUT2D eigenvalue weighted by molar-refractivity contribution is -0.144. The van der Waals surface area contributed by atoms with Crippen LogP contribution in [-0.2, 0) is 11.3 Å². The van der Waals surface area contributed by atoms with Gasteiger partial charge in [0.05, 0.1) is 6.04 Å². The zero-order valence-electron chi connectivity index (χ0n) is 13.2. The summed E-state index contributed by atoms with van der Waals surface area (Å²) in [6.07, 6.45) is 1.68. The van der Waals surface area contributed by atoms with Gasteiger partial charge >= 0.3 is 5.97 Å². The molecule has 2 aromatic rings. The highest BCUT2D eigenvalue weighted by molar-refractivity contribution is 5.95. The Bertz CT molecular complexity index is 721. The van der Waals surface area contributed by atoms with E-state index in [1.54, 1.807) is 27.8 Å². The third kappa shape index (κ3) is 2.63. The van der Waals surface area contributed by atoms with E-state index in [9.17, 15) is 14.7 Å². The molecule has 1 aromatic carbocycles. The van der Waals surface area contributed by atoms with E-state index < -0.39 is 12.0 Å². The topological polar surface area (TPSA) is 62.5 Å². The molecule has 0 aliphatic carbocycles. The first-order valence-electron chi connectivity index (χ1n) is 7.75. The number of benzene rings is 1. The third-order valence-electron chi connectivity index (χ3n) is 4.37. The standard InChI is InChI=1S/C18H20N2O3/c1-12(2)15-16(18(22)23)19-10-6-9-14(19)17(21)20(15)11-13-7-4-3-5-8-13/h3-10,12,15-16H,11H2,1-2H3,(H,22,23). The van der Waals surface area contributed by atoms with Crippen molar-refractivity contribution in [3.8, 4) is 0 Å². The number of carboxylic acid groups (broad SMARTS) is 1. The van der Waals surface area contributed by atoms with Crippen molar-refractivity contribution >= 4 is 11.9 Å². The van der Waals surface area contributed by atoms with E-state index in [1.165, 1.54) is 0 Å². The molecular formula is C18H20N2O3. The Morgan fingerprint density at radius 1 is 1.17 bits per heavy atom. The second kappa shape index (κ2) is 5.91. The normalized spacial score (nSPS) is 20.7. The van der Waals surface area contributed by atoms with Gasteiger partial charge in [0.25, 0.3) is 5.91 Å². The summed E-state index contributed by atoms with van der Waals surface area (Å²) in [5.41, 5.74) is 1.43. The van der Waals surface area contributed by atoms with Crippen LogP contribution in [0.5, 0.6) is 0 Å². The maximum absolute atomic E-state index is 12.9. The van der Waals surface area contributed by atoms with E-state index >= 15 is 0 Å². The average molecular weight is 312 g/mol. The van der Waals surface area contributed by atoms with E-state index in [-0.39, 0.29) is 17.9 Å². The Hall–Kier alpha value is -2.56. The maximum Gasteiger partial charge on any atom is 0.328 e. The van der Waals surface area contributed by atoms with Crippen molar-refractivity contribution in [1.29, 1.82) is 0 Å². The van der Waals surface area contributed by atoms with Crippen molar-refractivity contribution in [2.75, 3.05) is 0 Å². The van der Waals surface area contributed by atoms with E-state index in [1.807, 2.05) is 44.2 Å². The summed E-state index contributed by atoms with van der Waals surface area (Å²) in [5, 5.41) is 9.73. The fourth-order valence-electron chi connectivity index (χ4n) is 3.38. The highest BCUT2D eigenvalue weighted by atomic mass is 16.4. The Kier molecular flexibility index (Phi) is 3.94. The smallest absolute Gasteiger partial charge is 0.328 e. The van der Waals surface area contributed by atoms with Crippen LogP contribution in [-0.4, -0.2) is 32.5 Å². The Morgan fingerprint density at radius 3 is 2.48 bits per heavy atom. The molecule has 1 aliphatic heterocycles. The lowest BCUT2D eigenvalue weighted by Gasteiger charge is -2.42. The summed E-state index contributed by atoms with van der Waals surface area (Å²) >= 11 is 0. The highest BCUT2D eigenvalue weighted by Crippen LogP contribution is 2.33. The first-order valence-corrected chi connectivity index (χ1v) is 7.75. The summed E-state index contributed by atoms with van der Waals surface area (Å²) in [5.74, 6) is -0.999. The van der Waals surface area contributed by atoms with Gasteiger partial charge in [-0.25, -0.2) is 4.79 Å². The van der Waals surface area contributed by atoms with Crippen LogP contribution >= 0.6 is 0 Å². The number of fused-ring (bicyclic) bond motifs is 1. The van der Waals surface area contributed by atoms with E-state index in [4.69, 9.17) is 0 Å². The van der Waals surface area contributed by atoms with Crippen molar-refractivity contribution in [2.24, 2.45) is 5.92 Å². The zero-order chi connectivity index (χ0) is 16.6. The van der Waals surface area contributed by atoms with Gasteiger partial charge in [0.2, 0.25) is 0 Å². The quantitative estimate of drug-likeness (QED) is 0.944. The van der Waals surface area contributed by atoms with E-state index in [0.29, 0.717) is 12.2 Å². The molecule has 2 unspecified atom stereocenters. The van der Waals surface area contributed by atoms with Crippen LogP contribution in [0.4, 0.5) is 0 Å². The second-order valence-electron chi connectivity index (χ2n) is 6.24. The van der Waals surface area contributed by atoms with Crippen LogP contribution < -0.4 is 0 Å². The zero-order valence-corrected chi connectivity index (χ0v) is 13.2. The molecule has 0 bridgehead atoms. The number of nitrogens with zero attached hydrogens (tertiary/aromatic N) is 2. The summed E-state index contributed by atoms with van der Waals surface area (Å²) in [6.45, 7) is 4.33. The first kappa shape index (κ1) is 15.3. The molecule has 2 heterocycles. The molecule has 120 valence electrons. The van der Waals surface area contributed by atoms with Crippen LogP contribution in [0.3, 0.4) is 0 Å². The Labute approximate surface area is 135 Å². The fourth-order valence-corrected chi connectivity index (χ4v) is 3.38. The molecule has 1 aromatic heterocycles. The van der Waals surface area contributed by atoms with Crippen molar-refractivity contribution in [2.45, 2.75) is 32.5 Å². The maximum atomic E-state index is 12.9. The number of carboxylic acids is 1. The largest absolute Gasteiger partial charge is 0.480 e. The second-order valence-corrected chi connectivity index (χ2v) is 6.24. The predicted molar refractivity (Wildman–Crippen MR) is 86.0 cm³/mol. The number of aromatic nitrogens is 1. The van der Waals surface area contributed by atoms with Crippen molar-refractivity contribution in [3.05, 3.63) is 59.9 Å². The van der Waals surface area contributed by atoms with Gasteiger partial charge in [0, 0.05) is 12.7 Å². The number of carbonyl (C=O) groups is 2. The minimum absolute atomic E-state index is 0.0271. The number of carbonyl (C=O) groups excluding carboxylic acids is 1. The van der Waals surface area contributed by atoms with Gasteiger partial charge in [-0.3, -0.25) is 4.79 Å². The van der Waals surface area contributed by atoms with Crippen LogP contribution in [0.2, 0.25) is 0 Å². The van der Waals surface area contributed by atoms with Gasteiger partial charge < -0.3 is 14.6 Å². The Balaban J connectivity index is 2.06. The van der Waals surface area contributed by atoms with Crippen molar-refractivity contribution in [1.82, 2.24) is 9.47 Å². The minimum Gasteiger partial charge on any atom is -0.480 e. The molecular weight excluding hydrogens is 292 g/mol. The third-order valence-corrected chi connectivity index (χ3v) is 4.37. The molecule has 0 radical (unpaired) electrons. The van der Waals surface area contributed by atoms with Gasteiger partial charge in [0.15, 0.2) is 6.04 Å². The number of hydrogen-bond acceptors (Lipinski definition) is 2. The summed E-state index contributed by atoms with van der Waals surface area (Å²) < 4.78 is 1.59. The highest BCUT2D eigenvalue weighted by Gasteiger charge is 2.44. The van der Waals surface area contributed by atoms with Crippen LogP contribution in [0.1, 0.15) is 35.9 Å². The van der Waals surface area contributed by atoms with Crippen LogP contribution in [0, 0.1) is 5.92 Å². The van der Waals surface area contributed by atoms with Gasteiger partial charge in [-0.15, -0.1) is 0 Å². The Morgan fingerprint density at radius 2 is 1.87 bits per heavy atom. The molecule has 23 heavy (non-hydrogen) atoms. The van der Waals surface area contributed by atoms with Gasteiger partial charge in [-0.05, 0) is 23.6 Å². The first-order chi connectivity index (χ1) is 11.0. The minimum atomic E-state index is -0.910. The summed E-state index contributed by atoms with van der Waals surface area (Å²) in [7, 11) is 0. The molecule has 2 atom stereocenters. The molecule has 0 spiro atoms. The van der Waals surface area contributed by atoms with Crippen molar-refractivity contribution < 1.29 is 14.7 Å². The molecule has 0 saturated heterocycles. The SMILES string of the molecule is CC(C)C1C(C(=O)O)n2cccc2C(=O)N1Cc1ccccc1. The van der Waals surface area contributed by atoms with Gasteiger partial charge in [-0.2, -0.15) is 0 Å². The number of rotatable bonds is 4. The molecule has 0 fully saturated rings. The lowest BCUT2D eigenvalue weighted by atomic mass is 9.91. The van der Waals surface area contributed by atoms with Crippen LogP contribution in [0.25, 0.3) is 0 Å². The summed E-state index contributed by atoms with van der Waals surface area (Å²) in [6, 6.07) is 11.9. The van der Waals surface area contributed by atoms with Gasteiger partial charge in [-0.1, -0.05) is 44.2 Å². The number of aliphatic carboxylic acids is 1. The van der Waals surface area contributed by atoms with E-state index in [0.717, 1.165) is 5.56 Å². The molecule has 1 aliphatic rings. The van der Waals surface area contributed by atoms with Crippen molar-refractivity contribution in [3.63, 3.8) is 0 Å². The monoisotopic (exact) mass is 312 g/mol. The molecule has 5 heteroatoms. The molecule has 3 rings (SSSR count). The van der Waals surface area contributed by atoms with E-state index in [2.05, 4.69) is 0 Å². The average Bonchev–Trinajstić information content (AvgIpc) is 2.99. The number of amides is 1. The van der Waals surface area contributed by atoms with Gasteiger partial charge in [0.1, 0.15) is 5.69 Å². The summed E-state index contributed by atoms with van der Waals surface area (Å²) in [4.78, 5) is 26.5. The lowest BCUT2D eigenvalue weighted by Crippen LogP contribution is -2.54. The molecule has 0 saturated carbocycles.